The largest absolute Gasteiger partial charge is 0.445 e. The maximum Gasteiger partial charge on any atom is 0.407 e. The van der Waals surface area contributed by atoms with Gasteiger partial charge in [-0.3, -0.25) is 24.0 Å². The number of hydrogen-bond acceptors (Lipinski definition) is 12. The number of aliphatic hydroxyl groups is 1. The highest BCUT2D eigenvalue weighted by atomic mass is 16.6. The number of ether oxygens (including phenoxy) is 5. The Hall–Kier alpha value is -4.36. The second kappa shape index (κ2) is 24.8. The van der Waals surface area contributed by atoms with Crippen molar-refractivity contribution in [1.82, 2.24) is 21.3 Å². The Labute approximate surface area is 272 Å². The number of alkyl carbamates (subject to hydrolysis) is 1. The van der Waals surface area contributed by atoms with Crippen molar-refractivity contribution in [2.45, 2.75) is 32.9 Å². The zero-order valence-electron chi connectivity index (χ0n) is 26.7. The molecular weight excluding hydrogens is 624 g/mol. The lowest BCUT2D eigenvalue weighted by Gasteiger charge is -2.21. The molecule has 47 heavy (non-hydrogen) atoms. The Morgan fingerprint density at radius 2 is 1.38 bits per heavy atom. The van der Waals surface area contributed by atoms with Crippen LogP contribution in [0, 0.1) is 5.92 Å². The van der Waals surface area contributed by atoms with E-state index in [1.807, 2.05) is 0 Å². The van der Waals surface area contributed by atoms with E-state index in [1.54, 1.807) is 38.1 Å². The molecular formula is C29H46N6O12. The van der Waals surface area contributed by atoms with Crippen LogP contribution in [0.25, 0.3) is 0 Å². The molecule has 0 aliphatic rings. The van der Waals surface area contributed by atoms with Gasteiger partial charge in [-0.1, -0.05) is 26.0 Å². The van der Waals surface area contributed by atoms with Gasteiger partial charge in [0.2, 0.25) is 29.5 Å². The van der Waals surface area contributed by atoms with Gasteiger partial charge in [0.25, 0.3) is 0 Å². The molecule has 0 saturated carbocycles. The Morgan fingerprint density at radius 1 is 0.766 bits per heavy atom. The fraction of sp³-hybridized carbons (Fsp3) is 0.586. The van der Waals surface area contributed by atoms with Crippen molar-refractivity contribution in [3.8, 4) is 0 Å². The van der Waals surface area contributed by atoms with Gasteiger partial charge in [-0.15, -0.1) is 0 Å². The molecule has 0 fully saturated rings. The van der Waals surface area contributed by atoms with E-state index in [4.69, 9.17) is 34.5 Å². The molecule has 0 spiro atoms. The first-order valence-electron chi connectivity index (χ1n) is 14.8. The van der Waals surface area contributed by atoms with Crippen molar-refractivity contribution in [2.24, 2.45) is 11.7 Å². The number of carbonyl (C=O) groups excluding carboxylic acids is 6. The lowest BCUT2D eigenvalue weighted by molar-refractivity contribution is -0.131. The molecule has 18 nitrogen and oxygen atoms in total. The lowest BCUT2D eigenvalue weighted by Crippen LogP contribution is -2.51. The van der Waals surface area contributed by atoms with Crippen LogP contribution in [-0.2, 0) is 54.3 Å². The molecule has 1 unspecified atom stereocenters. The van der Waals surface area contributed by atoms with E-state index in [1.165, 1.54) is 0 Å². The molecule has 6 amide bonds. The summed E-state index contributed by atoms with van der Waals surface area (Å²) in [5, 5.41) is 21.0. The molecule has 0 bridgehead atoms. The molecule has 0 heterocycles. The molecule has 8 N–H and O–H groups in total. The summed E-state index contributed by atoms with van der Waals surface area (Å²) < 4.78 is 25.5. The maximum absolute atomic E-state index is 12.7. The van der Waals surface area contributed by atoms with Crippen molar-refractivity contribution in [3.05, 3.63) is 29.8 Å². The number of amides is 6. The normalized spacial score (nSPS) is 11.3. The molecule has 0 aliphatic carbocycles. The van der Waals surface area contributed by atoms with Gasteiger partial charge in [-0.05, 0) is 23.6 Å². The van der Waals surface area contributed by atoms with Crippen LogP contribution in [0.1, 0.15) is 25.8 Å². The Balaban J connectivity index is 2.30. The first-order valence-corrected chi connectivity index (χ1v) is 14.8. The Morgan fingerprint density at radius 3 is 2.00 bits per heavy atom. The van der Waals surface area contributed by atoms with Crippen LogP contribution in [0.3, 0.4) is 0 Å². The second-order valence-electron chi connectivity index (χ2n) is 10.1. The molecule has 1 atom stereocenters. The maximum atomic E-state index is 12.7. The third-order valence-corrected chi connectivity index (χ3v) is 5.76. The monoisotopic (exact) mass is 670 g/mol. The van der Waals surface area contributed by atoms with Crippen molar-refractivity contribution in [2.75, 3.05) is 78.0 Å². The van der Waals surface area contributed by atoms with Gasteiger partial charge >= 0.3 is 6.09 Å². The molecule has 0 aliphatic heterocycles. The Bertz CT molecular complexity index is 1120. The molecule has 264 valence electrons. The number of benzene rings is 1. The minimum atomic E-state index is -0.856. The number of carbonyl (C=O) groups is 6. The average Bonchev–Trinajstić information content (AvgIpc) is 3.03. The summed E-state index contributed by atoms with van der Waals surface area (Å²) >= 11 is 0. The molecule has 0 saturated heterocycles. The van der Waals surface area contributed by atoms with Crippen LogP contribution in [-0.4, -0.2) is 119 Å². The fourth-order valence-electron chi connectivity index (χ4n) is 3.42. The summed E-state index contributed by atoms with van der Waals surface area (Å²) in [6.07, 6.45) is -0.800. The van der Waals surface area contributed by atoms with Gasteiger partial charge in [0.05, 0.1) is 52.8 Å². The molecule has 1 aromatic rings. The standard InChI is InChI=1S/C29H46N6O12/c1-20(2)27(35-24(38)7-9-43-11-13-45-14-12-44-10-8-36)28(41)31-16-26(40)34-22-5-3-21(4-6-22)17-47-29(42)32-15-25(39)33-19-46-18-23(30)37/h3-6,20,27,36H,7-19H2,1-2H3,(H2,30,37)(H,31,41)(H,32,42)(H,33,39)(H,34,40)(H,35,38). The topological polar surface area (TPSA) is 255 Å². The number of rotatable bonds is 25. The van der Waals surface area contributed by atoms with Crippen LogP contribution in [0.4, 0.5) is 10.5 Å². The molecule has 0 aromatic heterocycles. The molecule has 1 rings (SSSR count). The number of aliphatic hydroxyl groups excluding tert-OH is 1. The molecule has 0 radical (unpaired) electrons. The van der Waals surface area contributed by atoms with Gasteiger partial charge in [0, 0.05) is 12.1 Å². The first kappa shape index (κ1) is 40.7. The van der Waals surface area contributed by atoms with Crippen LogP contribution >= 0.6 is 0 Å². The third-order valence-electron chi connectivity index (χ3n) is 5.76. The van der Waals surface area contributed by atoms with Crippen molar-refractivity contribution >= 4 is 41.3 Å². The minimum Gasteiger partial charge on any atom is -0.445 e. The number of nitrogens with one attached hydrogen (secondary N) is 5. The van der Waals surface area contributed by atoms with Gasteiger partial charge in [0.1, 0.15) is 32.5 Å². The summed E-state index contributed by atoms with van der Waals surface area (Å²) in [4.78, 5) is 71.4. The zero-order valence-corrected chi connectivity index (χ0v) is 26.7. The summed E-state index contributed by atoms with van der Waals surface area (Å²) in [6, 6.07) is 5.53. The van der Waals surface area contributed by atoms with Crippen molar-refractivity contribution in [1.29, 1.82) is 0 Å². The number of anilines is 1. The van der Waals surface area contributed by atoms with Crippen molar-refractivity contribution in [3.63, 3.8) is 0 Å². The van der Waals surface area contributed by atoms with Gasteiger partial charge in [-0.25, -0.2) is 4.79 Å². The zero-order chi connectivity index (χ0) is 34.9. The quantitative estimate of drug-likeness (QED) is 0.0446. The van der Waals surface area contributed by atoms with E-state index in [9.17, 15) is 28.8 Å². The van der Waals surface area contributed by atoms with Gasteiger partial charge in [0.15, 0.2) is 0 Å². The number of primary amides is 1. The summed E-state index contributed by atoms with van der Waals surface area (Å²) in [5.74, 6) is -2.88. The van der Waals surface area contributed by atoms with E-state index in [0.717, 1.165) is 0 Å². The Kier molecular flexibility index (Phi) is 21.5. The highest BCUT2D eigenvalue weighted by Gasteiger charge is 2.24. The fourth-order valence-corrected chi connectivity index (χ4v) is 3.42. The smallest absolute Gasteiger partial charge is 0.407 e. The molecule has 1 aromatic carbocycles. The summed E-state index contributed by atoms with van der Waals surface area (Å²) in [5.41, 5.74) is 5.93. The van der Waals surface area contributed by atoms with Crippen LogP contribution < -0.4 is 32.3 Å². The predicted molar refractivity (Wildman–Crippen MR) is 165 cm³/mol. The highest BCUT2D eigenvalue weighted by molar-refractivity contribution is 5.96. The lowest BCUT2D eigenvalue weighted by atomic mass is 10.0. The first-order chi connectivity index (χ1) is 22.5. The second-order valence-corrected chi connectivity index (χ2v) is 10.1. The minimum absolute atomic E-state index is 0.0378. The van der Waals surface area contributed by atoms with Crippen molar-refractivity contribution < 1.29 is 57.6 Å². The highest BCUT2D eigenvalue weighted by Crippen LogP contribution is 2.10. The summed E-state index contributed by atoms with van der Waals surface area (Å²) in [6.45, 7) is 3.80. The number of nitrogens with two attached hydrogens (primary N) is 1. The van der Waals surface area contributed by atoms with Crippen LogP contribution in [0.15, 0.2) is 24.3 Å². The van der Waals surface area contributed by atoms with Gasteiger partial charge in [-0.2, -0.15) is 0 Å². The van der Waals surface area contributed by atoms with Crippen LogP contribution in [0.5, 0.6) is 0 Å². The molecule has 18 heteroatoms. The SMILES string of the molecule is CC(C)C(NC(=O)CCOCCOCCOCCO)C(=O)NCC(=O)Nc1ccc(COC(=O)NCC(=O)NCOCC(N)=O)cc1. The number of hydrogen-bond donors (Lipinski definition) is 7. The van der Waals surface area contributed by atoms with E-state index < -0.39 is 35.8 Å². The van der Waals surface area contributed by atoms with Crippen LogP contribution in [0.2, 0.25) is 0 Å². The predicted octanol–water partition coefficient (Wildman–Crippen LogP) is -1.88. The van der Waals surface area contributed by atoms with E-state index in [0.29, 0.717) is 31.1 Å². The third kappa shape index (κ3) is 21.1. The van der Waals surface area contributed by atoms with Gasteiger partial charge < -0.3 is 61.1 Å². The van der Waals surface area contributed by atoms with E-state index in [-0.39, 0.29) is 77.7 Å². The van der Waals surface area contributed by atoms with E-state index in [2.05, 4.69) is 26.6 Å². The van der Waals surface area contributed by atoms with E-state index >= 15 is 0 Å². The summed E-state index contributed by atoms with van der Waals surface area (Å²) in [7, 11) is 0. The average molecular weight is 671 g/mol.